The lowest BCUT2D eigenvalue weighted by Crippen LogP contribution is -2.30. The molecule has 1 saturated heterocycles. The zero-order valence-corrected chi connectivity index (χ0v) is 15.1. The van der Waals surface area contributed by atoms with Crippen LogP contribution in [-0.4, -0.2) is 45.1 Å². The van der Waals surface area contributed by atoms with E-state index in [1.165, 1.54) is 0 Å². The second kappa shape index (κ2) is 6.37. The highest BCUT2D eigenvalue weighted by Gasteiger charge is 2.38. The number of fused-ring (bicyclic) bond motifs is 1. The summed E-state index contributed by atoms with van der Waals surface area (Å²) in [7, 11) is 0. The number of amides is 1. The zero-order valence-electron chi connectivity index (χ0n) is 15.1. The second-order valence-electron chi connectivity index (χ2n) is 7.56. The van der Waals surface area contributed by atoms with E-state index in [2.05, 4.69) is 10.1 Å². The summed E-state index contributed by atoms with van der Waals surface area (Å²) in [6, 6.07) is 1.87. The predicted molar refractivity (Wildman–Crippen MR) is 94.0 cm³/mol. The van der Waals surface area contributed by atoms with Crippen molar-refractivity contribution in [3.8, 4) is 0 Å². The first-order valence-corrected chi connectivity index (χ1v) is 9.30. The third-order valence-electron chi connectivity index (χ3n) is 5.47. The number of nitrogens with zero attached hydrogens (tertiary/aromatic N) is 3. The molecule has 1 aliphatic heterocycles. The minimum Gasteiger partial charge on any atom is -0.481 e. The maximum atomic E-state index is 13.3. The Labute approximate surface area is 151 Å². The average molecular weight is 357 g/mol. The molecule has 2 atom stereocenters. The molecule has 2 aromatic rings. The fourth-order valence-corrected chi connectivity index (χ4v) is 3.82. The number of likely N-dealkylation sites (tertiary alicyclic amines) is 1. The smallest absolute Gasteiger partial charge is 0.308 e. The van der Waals surface area contributed by atoms with Crippen LogP contribution in [0.4, 0.5) is 0 Å². The molecule has 7 nitrogen and oxygen atoms in total. The Hall–Kier alpha value is -2.44. The summed E-state index contributed by atoms with van der Waals surface area (Å²) in [5.74, 6) is -1.18. The molecule has 3 heterocycles. The van der Waals surface area contributed by atoms with Crippen LogP contribution in [-0.2, 0) is 11.2 Å². The number of aromatic nitrogens is 2. The number of aryl methyl sites for hydroxylation is 1. The van der Waals surface area contributed by atoms with Crippen molar-refractivity contribution in [1.29, 1.82) is 0 Å². The van der Waals surface area contributed by atoms with Crippen LogP contribution in [0, 0.1) is 11.8 Å². The molecule has 7 heteroatoms. The SMILES string of the molecule is CCCc1noc2nc(C3CC3)cc(C(=O)N3C[C@@H](C)[C@H](C(=O)O)C3)c12. The molecule has 26 heavy (non-hydrogen) atoms. The number of pyridine rings is 1. The summed E-state index contributed by atoms with van der Waals surface area (Å²) in [5.41, 5.74) is 2.60. The summed E-state index contributed by atoms with van der Waals surface area (Å²) in [4.78, 5) is 30.9. The minimum atomic E-state index is -0.844. The highest BCUT2D eigenvalue weighted by molar-refractivity contribution is 6.06. The quantitative estimate of drug-likeness (QED) is 0.884. The van der Waals surface area contributed by atoms with Gasteiger partial charge in [-0.2, -0.15) is 0 Å². The van der Waals surface area contributed by atoms with Crippen LogP contribution in [0.1, 0.15) is 60.8 Å². The Bertz CT molecular complexity index is 871. The van der Waals surface area contributed by atoms with Crippen LogP contribution >= 0.6 is 0 Å². The molecule has 1 saturated carbocycles. The lowest BCUT2D eigenvalue weighted by atomic mass is 9.99. The predicted octanol–water partition coefficient (Wildman–Crippen LogP) is 2.85. The van der Waals surface area contributed by atoms with Crippen LogP contribution in [0.25, 0.3) is 11.1 Å². The van der Waals surface area contributed by atoms with Crippen LogP contribution in [0.5, 0.6) is 0 Å². The van der Waals surface area contributed by atoms with Gasteiger partial charge in [0, 0.05) is 24.7 Å². The first-order valence-electron chi connectivity index (χ1n) is 9.30. The average Bonchev–Trinajstić information content (AvgIpc) is 3.28. The van der Waals surface area contributed by atoms with Crippen molar-refractivity contribution in [2.24, 2.45) is 11.8 Å². The number of aliphatic carboxylic acids is 1. The first-order chi connectivity index (χ1) is 12.5. The van der Waals surface area contributed by atoms with E-state index < -0.39 is 11.9 Å². The van der Waals surface area contributed by atoms with E-state index in [-0.39, 0.29) is 18.4 Å². The van der Waals surface area contributed by atoms with Gasteiger partial charge < -0.3 is 14.5 Å². The molecule has 2 aliphatic rings. The molecule has 1 N–H and O–H groups in total. The molecule has 0 spiro atoms. The summed E-state index contributed by atoms with van der Waals surface area (Å²) in [5, 5.41) is 14.2. The Balaban J connectivity index is 1.75. The van der Waals surface area contributed by atoms with E-state index in [0.29, 0.717) is 35.5 Å². The van der Waals surface area contributed by atoms with Crippen molar-refractivity contribution in [3.63, 3.8) is 0 Å². The maximum absolute atomic E-state index is 13.3. The van der Waals surface area contributed by atoms with Gasteiger partial charge in [-0.1, -0.05) is 25.4 Å². The number of hydrogen-bond acceptors (Lipinski definition) is 5. The number of rotatable bonds is 5. The van der Waals surface area contributed by atoms with Gasteiger partial charge in [0.2, 0.25) is 0 Å². The largest absolute Gasteiger partial charge is 0.481 e. The molecule has 2 aromatic heterocycles. The molecule has 0 aromatic carbocycles. The topological polar surface area (TPSA) is 96.5 Å². The van der Waals surface area contributed by atoms with Gasteiger partial charge in [0.1, 0.15) is 0 Å². The van der Waals surface area contributed by atoms with E-state index >= 15 is 0 Å². The number of carbonyl (C=O) groups excluding carboxylic acids is 1. The van der Waals surface area contributed by atoms with E-state index in [0.717, 1.165) is 30.7 Å². The second-order valence-corrected chi connectivity index (χ2v) is 7.56. The van der Waals surface area contributed by atoms with Gasteiger partial charge >= 0.3 is 5.97 Å². The minimum absolute atomic E-state index is 0.0609. The summed E-state index contributed by atoms with van der Waals surface area (Å²) in [6.07, 6.45) is 3.75. The molecule has 1 amide bonds. The van der Waals surface area contributed by atoms with Crippen molar-refractivity contribution in [3.05, 3.63) is 23.0 Å². The van der Waals surface area contributed by atoms with E-state index in [4.69, 9.17) is 4.52 Å². The van der Waals surface area contributed by atoms with Gasteiger partial charge in [-0.25, -0.2) is 4.98 Å². The molecule has 0 unspecified atom stereocenters. The fraction of sp³-hybridized carbons (Fsp3) is 0.579. The molecular formula is C19H23N3O4. The Morgan fingerprint density at radius 1 is 1.35 bits per heavy atom. The molecule has 0 bridgehead atoms. The molecule has 0 radical (unpaired) electrons. The monoisotopic (exact) mass is 357 g/mol. The van der Waals surface area contributed by atoms with Crippen molar-refractivity contribution in [2.75, 3.05) is 13.1 Å². The van der Waals surface area contributed by atoms with Gasteiger partial charge in [0.25, 0.3) is 11.6 Å². The fourth-order valence-electron chi connectivity index (χ4n) is 3.82. The highest BCUT2D eigenvalue weighted by Crippen LogP contribution is 2.41. The first kappa shape index (κ1) is 17.0. The summed E-state index contributed by atoms with van der Waals surface area (Å²) < 4.78 is 5.43. The van der Waals surface area contributed by atoms with Crippen molar-refractivity contribution < 1.29 is 19.2 Å². The van der Waals surface area contributed by atoms with E-state index in [9.17, 15) is 14.7 Å². The molecule has 138 valence electrons. The Kier molecular flexibility index (Phi) is 4.17. The summed E-state index contributed by atoms with van der Waals surface area (Å²) >= 11 is 0. The normalized spacial score (nSPS) is 22.9. The third-order valence-corrected chi connectivity index (χ3v) is 5.47. The van der Waals surface area contributed by atoms with Gasteiger partial charge in [0.15, 0.2) is 0 Å². The number of carbonyl (C=O) groups is 2. The van der Waals surface area contributed by atoms with Gasteiger partial charge in [-0.3, -0.25) is 9.59 Å². The van der Waals surface area contributed by atoms with Gasteiger partial charge in [-0.05, 0) is 31.2 Å². The molecule has 2 fully saturated rings. The van der Waals surface area contributed by atoms with Gasteiger partial charge in [0.05, 0.1) is 22.6 Å². The molecule has 1 aliphatic carbocycles. The third kappa shape index (κ3) is 2.85. The Morgan fingerprint density at radius 2 is 2.12 bits per heavy atom. The summed E-state index contributed by atoms with van der Waals surface area (Å²) in [6.45, 7) is 4.62. The zero-order chi connectivity index (χ0) is 18.4. The lowest BCUT2D eigenvalue weighted by Gasteiger charge is -2.17. The van der Waals surface area contributed by atoms with E-state index in [1.807, 2.05) is 19.9 Å². The Morgan fingerprint density at radius 3 is 2.73 bits per heavy atom. The van der Waals surface area contributed by atoms with Crippen LogP contribution in [0.2, 0.25) is 0 Å². The number of carboxylic acids is 1. The van der Waals surface area contributed by atoms with Crippen molar-refractivity contribution in [1.82, 2.24) is 15.0 Å². The standard InChI is InChI=1S/C19H23N3O4/c1-3-4-14-16-12(7-15(11-5-6-11)20-17(16)26-21-14)18(23)22-8-10(2)13(9-22)19(24)25/h7,10-11,13H,3-6,8-9H2,1-2H3,(H,24,25)/t10-,13-/m1/s1. The molecule has 4 rings (SSSR count). The van der Waals surface area contributed by atoms with Crippen molar-refractivity contribution >= 4 is 23.0 Å². The van der Waals surface area contributed by atoms with E-state index in [1.54, 1.807) is 4.90 Å². The highest BCUT2D eigenvalue weighted by atomic mass is 16.5. The van der Waals surface area contributed by atoms with Crippen LogP contribution in [0.3, 0.4) is 0 Å². The number of carboxylic acid groups (broad SMARTS) is 1. The van der Waals surface area contributed by atoms with Gasteiger partial charge in [-0.15, -0.1) is 0 Å². The number of hydrogen-bond donors (Lipinski definition) is 1. The van der Waals surface area contributed by atoms with Crippen LogP contribution < -0.4 is 0 Å². The van der Waals surface area contributed by atoms with Crippen molar-refractivity contribution in [2.45, 2.75) is 45.4 Å². The lowest BCUT2D eigenvalue weighted by molar-refractivity contribution is -0.142. The molecular weight excluding hydrogens is 334 g/mol. The van der Waals surface area contributed by atoms with Crippen LogP contribution in [0.15, 0.2) is 10.6 Å². The maximum Gasteiger partial charge on any atom is 0.308 e.